The van der Waals surface area contributed by atoms with Crippen LogP contribution in [0.1, 0.15) is 0 Å². The summed E-state index contributed by atoms with van der Waals surface area (Å²) in [6.45, 7) is 6.08. The van der Waals surface area contributed by atoms with E-state index in [4.69, 9.17) is 61.6 Å². The van der Waals surface area contributed by atoms with Gasteiger partial charge in [0, 0.05) is 63.9 Å². The van der Waals surface area contributed by atoms with Gasteiger partial charge in [-0.3, -0.25) is 0 Å². The second-order valence-corrected chi connectivity index (χ2v) is 13.0. The third kappa shape index (κ3) is 9.04. The highest BCUT2D eigenvalue weighted by Gasteiger charge is 2.21. The molecule has 0 bridgehead atoms. The number of morpholine rings is 2. The molecule has 2 fully saturated rings. The van der Waals surface area contributed by atoms with E-state index in [1.807, 2.05) is 60.7 Å². The van der Waals surface area contributed by atoms with E-state index in [1.165, 1.54) is 0 Å². The van der Waals surface area contributed by atoms with Gasteiger partial charge in [-0.05, 0) is 48.5 Å². The molecular formula is C38H38Cl2N8O6. The summed E-state index contributed by atoms with van der Waals surface area (Å²) in [4.78, 5) is 32.2. The lowest BCUT2D eigenvalue weighted by atomic mass is 10.2. The molecule has 0 saturated carbocycles. The van der Waals surface area contributed by atoms with Crippen molar-refractivity contribution in [3.63, 3.8) is 0 Å². The Labute approximate surface area is 321 Å². The van der Waals surface area contributed by atoms with E-state index in [-0.39, 0.29) is 13.6 Å². The second-order valence-electron chi connectivity index (χ2n) is 12.1. The standard InChI is InChI=1S/2C19H19ClN4O3/c1-25-12-27-15-4-2-13(3-5-15)18-22-16-10-14(20)11-21-17(16)19(23-18)24-6-8-26-9-7-24;1-25-12-27-15-4-2-3-13(9-15)18-22-16-10-14(20)11-21-17(16)19(23-18)24-5-7-26-8-6-24/h2-5,10-11H,6-9,12H2,1H3;2-4,9-11H,5-8,12H2,1H3. The van der Waals surface area contributed by atoms with Crippen molar-refractivity contribution in [3.8, 4) is 34.3 Å². The average Bonchev–Trinajstić information content (AvgIpc) is 3.22. The second kappa shape index (κ2) is 17.9. The maximum Gasteiger partial charge on any atom is 0.188 e. The number of fused-ring (bicyclic) bond motifs is 2. The van der Waals surface area contributed by atoms with Gasteiger partial charge in [-0.2, -0.15) is 0 Å². The number of aromatic nitrogens is 6. The van der Waals surface area contributed by atoms with Gasteiger partial charge < -0.3 is 38.2 Å². The maximum absolute atomic E-state index is 6.15. The van der Waals surface area contributed by atoms with E-state index < -0.39 is 0 Å². The number of nitrogens with zero attached hydrogens (tertiary/aromatic N) is 8. The first-order valence-corrected chi connectivity index (χ1v) is 18.0. The number of hydrogen-bond acceptors (Lipinski definition) is 14. The quantitative estimate of drug-likeness (QED) is 0.143. The van der Waals surface area contributed by atoms with Gasteiger partial charge in [0.15, 0.2) is 36.9 Å². The molecule has 280 valence electrons. The molecule has 4 aromatic heterocycles. The van der Waals surface area contributed by atoms with Gasteiger partial charge in [0.05, 0.1) is 47.5 Å². The summed E-state index contributed by atoms with van der Waals surface area (Å²) in [6, 6.07) is 18.8. The van der Waals surface area contributed by atoms with Gasteiger partial charge in [-0.15, -0.1) is 0 Å². The van der Waals surface area contributed by atoms with E-state index in [1.54, 1.807) is 26.6 Å². The number of ether oxygens (including phenoxy) is 6. The SMILES string of the molecule is COCOc1ccc(-c2nc(N3CCOCC3)c3ncc(Cl)cc3n2)cc1.COCOc1cccc(-c2nc(N3CCOCC3)c3ncc(Cl)cc3n2)c1. The number of benzene rings is 2. The fraction of sp³-hybridized carbons (Fsp3) is 0.316. The van der Waals surface area contributed by atoms with E-state index in [9.17, 15) is 0 Å². The molecule has 8 rings (SSSR count). The summed E-state index contributed by atoms with van der Waals surface area (Å²) in [5.74, 6) is 4.21. The Morgan fingerprint density at radius 2 is 1.09 bits per heavy atom. The Balaban J connectivity index is 0.000000167. The molecular weight excluding hydrogens is 735 g/mol. The lowest BCUT2D eigenvalue weighted by molar-refractivity contribution is 0.0510. The highest BCUT2D eigenvalue weighted by atomic mass is 35.5. The molecule has 0 radical (unpaired) electrons. The van der Waals surface area contributed by atoms with Crippen LogP contribution >= 0.6 is 23.2 Å². The summed E-state index contributed by atoms with van der Waals surface area (Å²) < 4.78 is 31.8. The van der Waals surface area contributed by atoms with Crippen molar-refractivity contribution in [2.24, 2.45) is 0 Å². The third-order valence-electron chi connectivity index (χ3n) is 8.48. The molecule has 0 atom stereocenters. The predicted molar refractivity (Wildman–Crippen MR) is 207 cm³/mol. The van der Waals surface area contributed by atoms with Crippen molar-refractivity contribution in [2.75, 3.05) is 90.2 Å². The Bertz CT molecular complexity index is 2190. The summed E-state index contributed by atoms with van der Waals surface area (Å²) in [6.07, 6.45) is 3.24. The molecule has 6 heterocycles. The molecule has 2 aliphatic rings. The first-order valence-electron chi connectivity index (χ1n) is 17.3. The van der Waals surface area contributed by atoms with Crippen LogP contribution in [0, 0.1) is 0 Å². The summed E-state index contributed by atoms with van der Waals surface area (Å²) in [5.41, 5.74) is 4.63. The van der Waals surface area contributed by atoms with Crippen LogP contribution in [0.3, 0.4) is 0 Å². The molecule has 0 N–H and O–H groups in total. The van der Waals surface area contributed by atoms with Crippen LogP contribution in [0.2, 0.25) is 10.0 Å². The van der Waals surface area contributed by atoms with Gasteiger partial charge >= 0.3 is 0 Å². The normalized spacial score (nSPS) is 14.5. The van der Waals surface area contributed by atoms with Crippen molar-refractivity contribution in [2.45, 2.75) is 0 Å². The number of anilines is 2. The monoisotopic (exact) mass is 772 g/mol. The van der Waals surface area contributed by atoms with E-state index in [0.29, 0.717) is 64.9 Å². The smallest absolute Gasteiger partial charge is 0.188 e. The maximum atomic E-state index is 6.15. The lowest BCUT2D eigenvalue weighted by Gasteiger charge is -2.28. The summed E-state index contributed by atoms with van der Waals surface area (Å²) in [7, 11) is 3.17. The zero-order valence-electron chi connectivity index (χ0n) is 29.8. The van der Waals surface area contributed by atoms with Gasteiger partial charge in [-0.25, -0.2) is 29.9 Å². The highest BCUT2D eigenvalue weighted by molar-refractivity contribution is 6.31. The number of methoxy groups -OCH3 is 2. The van der Waals surface area contributed by atoms with Crippen LogP contribution in [-0.4, -0.2) is 110 Å². The van der Waals surface area contributed by atoms with Crippen molar-refractivity contribution < 1.29 is 28.4 Å². The first kappa shape index (κ1) is 37.4. The third-order valence-corrected chi connectivity index (χ3v) is 8.89. The van der Waals surface area contributed by atoms with Crippen LogP contribution in [0.5, 0.6) is 11.5 Å². The minimum absolute atomic E-state index is 0.181. The first-order chi connectivity index (χ1) is 26.5. The summed E-state index contributed by atoms with van der Waals surface area (Å²) >= 11 is 12.3. The lowest BCUT2D eigenvalue weighted by Crippen LogP contribution is -2.37. The van der Waals surface area contributed by atoms with Crippen LogP contribution in [0.4, 0.5) is 11.6 Å². The topological polar surface area (TPSA) is 139 Å². The Kier molecular flexibility index (Phi) is 12.4. The molecule has 54 heavy (non-hydrogen) atoms. The van der Waals surface area contributed by atoms with Crippen molar-refractivity contribution in [1.82, 2.24) is 29.9 Å². The fourth-order valence-corrected chi connectivity index (χ4v) is 6.19. The van der Waals surface area contributed by atoms with Crippen molar-refractivity contribution >= 4 is 56.9 Å². The van der Waals surface area contributed by atoms with Gasteiger partial charge in [-0.1, -0.05) is 35.3 Å². The van der Waals surface area contributed by atoms with Gasteiger partial charge in [0.25, 0.3) is 0 Å². The Hall–Kier alpha value is -4.96. The number of pyridine rings is 2. The molecule has 2 aromatic carbocycles. The minimum atomic E-state index is 0.181. The van der Waals surface area contributed by atoms with Crippen LogP contribution in [0.25, 0.3) is 44.8 Å². The molecule has 0 amide bonds. The number of rotatable bonds is 10. The molecule has 2 aliphatic heterocycles. The average molecular weight is 774 g/mol. The Morgan fingerprint density at radius 1 is 0.593 bits per heavy atom. The van der Waals surface area contributed by atoms with E-state index in [0.717, 1.165) is 65.7 Å². The molecule has 6 aromatic rings. The largest absolute Gasteiger partial charge is 0.468 e. The van der Waals surface area contributed by atoms with E-state index in [2.05, 4.69) is 29.7 Å². The van der Waals surface area contributed by atoms with Gasteiger partial charge in [0.2, 0.25) is 0 Å². The Morgan fingerprint density at radius 3 is 1.61 bits per heavy atom. The molecule has 14 nitrogen and oxygen atoms in total. The molecule has 2 saturated heterocycles. The molecule has 0 spiro atoms. The van der Waals surface area contributed by atoms with E-state index >= 15 is 0 Å². The molecule has 0 aliphatic carbocycles. The fourth-order valence-electron chi connectivity index (χ4n) is 5.89. The zero-order chi connectivity index (χ0) is 37.3. The number of hydrogen-bond donors (Lipinski definition) is 0. The predicted octanol–water partition coefficient (Wildman–Crippen LogP) is 6.33. The molecule has 0 unspecified atom stereocenters. The number of halogens is 2. The van der Waals surface area contributed by atoms with Crippen LogP contribution in [0.15, 0.2) is 73.1 Å². The summed E-state index contributed by atoms with van der Waals surface area (Å²) in [5, 5.41) is 1.08. The zero-order valence-corrected chi connectivity index (χ0v) is 31.3. The highest BCUT2D eigenvalue weighted by Crippen LogP contribution is 2.31. The van der Waals surface area contributed by atoms with Crippen LogP contribution < -0.4 is 19.3 Å². The minimum Gasteiger partial charge on any atom is -0.468 e. The van der Waals surface area contributed by atoms with Gasteiger partial charge in [0.1, 0.15) is 22.5 Å². The van der Waals surface area contributed by atoms with Crippen molar-refractivity contribution in [1.29, 1.82) is 0 Å². The van der Waals surface area contributed by atoms with Crippen molar-refractivity contribution in [3.05, 3.63) is 83.1 Å². The molecule has 16 heteroatoms. The van der Waals surface area contributed by atoms with Crippen LogP contribution in [-0.2, 0) is 18.9 Å².